The Balaban J connectivity index is 1.83. The molecule has 0 unspecified atom stereocenters. The van der Waals surface area contributed by atoms with E-state index in [0.29, 0.717) is 12.0 Å². The van der Waals surface area contributed by atoms with Gasteiger partial charge in [0.15, 0.2) is 0 Å². The Kier molecular flexibility index (Phi) is 6.71. The molecule has 31 heavy (non-hydrogen) atoms. The quantitative estimate of drug-likeness (QED) is 0.556. The fourth-order valence-electron chi connectivity index (χ4n) is 3.60. The van der Waals surface area contributed by atoms with Gasteiger partial charge in [-0.15, -0.1) is 0 Å². The fraction of sp³-hybridized carbons (Fsp3) is 0.286. The Hall–Kier alpha value is -3.24. The van der Waals surface area contributed by atoms with Crippen LogP contribution in [0.5, 0.6) is 0 Å². The second-order valence-electron chi connectivity index (χ2n) is 7.16. The van der Waals surface area contributed by atoms with Crippen LogP contribution in [0.1, 0.15) is 28.8 Å². The van der Waals surface area contributed by atoms with Crippen LogP contribution < -0.4 is 5.32 Å². The molecule has 2 atom stereocenters. The minimum Gasteiger partial charge on any atom is -0.480 e. The van der Waals surface area contributed by atoms with Gasteiger partial charge in [0.25, 0.3) is 0 Å². The standard InChI is InChI=1S/C21H22N2O7S/c24-19(22-16(21(27)28)13-14-7-2-1-3-8-14)17-10-6-12-23(17)31(29,30)18-11-5-4-9-15(18)20(25)26/h1-5,7-9,11,16-17H,6,10,12-13H2,(H,22,24)(H,25,26)(H,27,28)/t16-,17-/m0/s1. The largest absolute Gasteiger partial charge is 0.480 e. The van der Waals surface area contributed by atoms with E-state index < -0.39 is 44.8 Å². The molecule has 1 aliphatic heterocycles. The molecule has 0 aromatic heterocycles. The smallest absolute Gasteiger partial charge is 0.337 e. The number of nitrogens with zero attached hydrogens (tertiary/aromatic N) is 1. The molecule has 1 heterocycles. The predicted molar refractivity (Wildman–Crippen MR) is 110 cm³/mol. The molecule has 9 nitrogen and oxygen atoms in total. The van der Waals surface area contributed by atoms with Crippen molar-refractivity contribution >= 4 is 27.9 Å². The zero-order chi connectivity index (χ0) is 22.6. The number of nitrogens with one attached hydrogen (secondary N) is 1. The topological polar surface area (TPSA) is 141 Å². The summed E-state index contributed by atoms with van der Waals surface area (Å²) >= 11 is 0. The molecule has 2 aromatic rings. The number of rotatable bonds is 8. The Morgan fingerprint density at radius 3 is 2.32 bits per heavy atom. The van der Waals surface area contributed by atoms with E-state index in [2.05, 4.69) is 5.32 Å². The number of carbonyl (C=O) groups is 3. The molecule has 0 aliphatic carbocycles. The van der Waals surface area contributed by atoms with Gasteiger partial charge in [-0.2, -0.15) is 4.31 Å². The molecule has 0 saturated carbocycles. The van der Waals surface area contributed by atoms with Crippen LogP contribution in [0.4, 0.5) is 0 Å². The first-order valence-electron chi connectivity index (χ1n) is 9.63. The maximum atomic E-state index is 13.2. The average Bonchev–Trinajstić information content (AvgIpc) is 3.25. The first-order valence-corrected chi connectivity index (χ1v) is 11.1. The zero-order valence-corrected chi connectivity index (χ0v) is 17.3. The summed E-state index contributed by atoms with van der Waals surface area (Å²) in [4.78, 5) is 35.6. The lowest BCUT2D eigenvalue weighted by molar-refractivity contribution is -0.142. The molecule has 1 saturated heterocycles. The molecule has 1 amide bonds. The molecular formula is C21H22N2O7S. The number of benzene rings is 2. The highest BCUT2D eigenvalue weighted by Crippen LogP contribution is 2.28. The van der Waals surface area contributed by atoms with Crippen molar-refractivity contribution in [1.29, 1.82) is 0 Å². The van der Waals surface area contributed by atoms with E-state index in [1.54, 1.807) is 30.3 Å². The summed E-state index contributed by atoms with van der Waals surface area (Å²) in [5, 5.41) is 21.3. The number of sulfonamides is 1. The van der Waals surface area contributed by atoms with E-state index in [1.807, 2.05) is 0 Å². The lowest BCUT2D eigenvalue weighted by Crippen LogP contribution is -2.51. The van der Waals surface area contributed by atoms with Gasteiger partial charge in [0.2, 0.25) is 15.9 Å². The van der Waals surface area contributed by atoms with Crippen molar-refractivity contribution in [3.8, 4) is 0 Å². The number of carbonyl (C=O) groups excluding carboxylic acids is 1. The molecule has 3 N–H and O–H groups in total. The van der Waals surface area contributed by atoms with Gasteiger partial charge in [0, 0.05) is 13.0 Å². The van der Waals surface area contributed by atoms with E-state index in [-0.39, 0.29) is 24.9 Å². The predicted octanol–water partition coefficient (Wildman–Crippen LogP) is 1.35. The van der Waals surface area contributed by atoms with Gasteiger partial charge >= 0.3 is 11.9 Å². The SMILES string of the molecule is O=C(O)c1ccccc1S(=O)(=O)N1CCC[C@H]1C(=O)N[C@@H](Cc1ccccc1)C(=O)O. The van der Waals surface area contributed by atoms with Gasteiger partial charge in [0.1, 0.15) is 12.1 Å². The minimum atomic E-state index is -4.28. The number of amides is 1. The van der Waals surface area contributed by atoms with E-state index in [0.717, 1.165) is 4.31 Å². The van der Waals surface area contributed by atoms with Gasteiger partial charge in [-0.05, 0) is 30.5 Å². The third-order valence-corrected chi connectivity index (χ3v) is 7.07. The van der Waals surface area contributed by atoms with E-state index >= 15 is 0 Å². The first-order chi connectivity index (χ1) is 14.7. The highest BCUT2D eigenvalue weighted by Gasteiger charge is 2.41. The van der Waals surface area contributed by atoms with Crippen molar-refractivity contribution in [3.63, 3.8) is 0 Å². The van der Waals surface area contributed by atoms with E-state index in [9.17, 15) is 33.0 Å². The van der Waals surface area contributed by atoms with Gasteiger partial charge in [-0.1, -0.05) is 42.5 Å². The molecule has 10 heteroatoms. The summed E-state index contributed by atoms with van der Waals surface area (Å²) in [6.07, 6.45) is 0.643. The van der Waals surface area contributed by atoms with Crippen LogP contribution >= 0.6 is 0 Å². The second-order valence-corrected chi connectivity index (χ2v) is 9.02. The summed E-state index contributed by atoms with van der Waals surface area (Å²) in [7, 11) is -4.28. The van der Waals surface area contributed by atoms with Crippen LogP contribution in [0.3, 0.4) is 0 Å². The molecule has 2 aromatic carbocycles. The highest BCUT2D eigenvalue weighted by molar-refractivity contribution is 7.89. The number of carboxylic acids is 2. The molecule has 1 fully saturated rings. The third-order valence-electron chi connectivity index (χ3n) is 5.11. The van der Waals surface area contributed by atoms with Crippen LogP contribution in [-0.4, -0.2) is 59.4 Å². The van der Waals surface area contributed by atoms with Crippen LogP contribution in [0.25, 0.3) is 0 Å². The number of aromatic carboxylic acids is 1. The maximum Gasteiger partial charge on any atom is 0.337 e. The van der Waals surface area contributed by atoms with E-state index in [1.165, 1.54) is 24.3 Å². The Morgan fingerprint density at radius 2 is 1.68 bits per heavy atom. The zero-order valence-electron chi connectivity index (χ0n) is 16.5. The number of carboxylic acid groups (broad SMARTS) is 2. The lowest BCUT2D eigenvalue weighted by Gasteiger charge is -2.25. The van der Waals surface area contributed by atoms with Crippen molar-refractivity contribution in [2.24, 2.45) is 0 Å². The second kappa shape index (κ2) is 9.27. The van der Waals surface area contributed by atoms with Crippen LogP contribution in [0.2, 0.25) is 0 Å². The third kappa shape index (κ3) is 4.92. The van der Waals surface area contributed by atoms with Crippen LogP contribution in [0, 0.1) is 0 Å². The van der Waals surface area contributed by atoms with Gasteiger partial charge in [-0.25, -0.2) is 18.0 Å². The Bertz CT molecular complexity index is 1090. The summed E-state index contributed by atoms with van der Waals surface area (Å²) in [5.41, 5.74) is 0.322. The molecule has 3 rings (SSSR count). The summed E-state index contributed by atoms with van der Waals surface area (Å²) in [5.74, 6) is -3.36. The summed E-state index contributed by atoms with van der Waals surface area (Å²) in [6.45, 7) is 0.0325. The summed E-state index contributed by atoms with van der Waals surface area (Å²) in [6, 6.07) is 11.6. The van der Waals surface area contributed by atoms with Crippen molar-refractivity contribution in [3.05, 3.63) is 65.7 Å². The molecule has 0 bridgehead atoms. The minimum absolute atomic E-state index is 0.0325. The van der Waals surface area contributed by atoms with Gasteiger partial charge in [-0.3, -0.25) is 4.79 Å². The average molecular weight is 446 g/mol. The Labute approximate surface area is 179 Å². The Morgan fingerprint density at radius 1 is 1.03 bits per heavy atom. The normalized spacial score (nSPS) is 17.7. The van der Waals surface area contributed by atoms with Gasteiger partial charge < -0.3 is 15.5 Å². The molecule has 0 spiro atoms. The van der Waals surface area contributed by atoms with Crippen molar-refractivity contribution in [2.45, 2.75) is 36.2 Å². The lowest BCUT2D eigenvalue weighted by atomic mass is 10.1. The van der Waals surface area contributed by atoms with Crippen LogP contribution in [-0.2, 0) is 26.0 Å². The molecule has 164 valence electrons. The highest BCUT2D eigenvalue weighted by atomic mass is 32.2. The van der Waals surface area contributed by atoms with Crippen molar-refractivity contribution in [2.75, 3.05) is 6.54 Å². The number of hydrogen-bond acceptors (Lipinski definition) is 5. The monoisotopic (exact) mass is 446 g/mol. The first kappa shape index (κ1) is 22.4. The van der Waals surface area contributed by atoms with Crippen molar-refractivity contribution in [1.82, 2.24) is 9.62 Å². The van der Waals surface area contributed by atoms with Crippen molar-refractivity contribution < 1.29 is 33.0 Å². The maximum absolute atomic E-state index is 13.2. The molecular weight excluding hydrogens is 424 g/mol. The van der Waals surface area contributed by atoms with E-state index in [4.69, 9.17) is 0 Å². The van der Waals surface area contributed by atoms with Gasteiger partial charge in [0.05, 0.1) is 10.5 Å². The fourth-order valence-corrected chi connectivity index (χ4v) is 5.44. The molecule has 0 radical (unpaired) electrons. The number of hydrogen-bond donors (Lipinski definition) is 3. The number of aliphatic carboxylic acids is 1. The molecule has 1 aliphatic rings. The van der Waals surface area contributed by atoms with Crippen LogP contribution in [0.15, 0.2) is 59.5 Å². The summed E-state index contributed by atoms with van der Waals surface area (Å²) < 4.78 is 27.3.